The van der Waals surface area contributed by atoms with Crippen molar-refractivity contribution in [2.24, 2.45) is 5.92 Å². The number of benzene rings is 1. The first kappa shape index (κ1) is 17.7. The molecule has 1 atom stereocenters. The lowest BCUT2D eigenvalue weighted by Gasteiger charge is -2.31. The van der Waals surface area contributed by atoms with E-state index >= 15 is 0 Å². The lowest BCUT2D eigenvalue weighted by molar-refractivity contribution is -0.384. The maximum Gasteiger partial charge on any atom is 0.293 e. The fourth-order valence-electron chi connectivity index (χ4n) is 3.57. The highest BCUT2D eigenvalue weighted by Crippen LogP contribution is 2.32. The van der Waals surface area contributed by atoms with Crippen molar-refractivity contribution in [3.63, 3.8) is 0 Å². The number of nitrogens with one attached hydrogen (secondary N) is 2. The Kier molecular flexibility index (Phi) is 5.53. The molecule has 7 nitrogen and oxygen atoms in total. The normalized spacial score (nSPS) is 21.8. The molecule has 0 saturated carbocycles. The monoisotopic (exact) mass is 346 g/mol. The number of nitrogens with zero attached hydrogens (tertiary/aromatic N) is 2. The molecule has 3 rings (SSSR count). The summed E-state index contributed by atoms with van der Waals surface area (Å²) in [6.45, 7) is 5.57. The van der Waals surface area contributed by atoms with Crippen LogP contribution in [0.15, 0.2) is 18.2 Å². The van der Waals surface area contributed by atoms with Crippen LogP contribution in [-0.4, -0.2) is 43.1 Å². The van der Waals surface area contributed by atoms with E-state index in [1.165, 1.54) is 6.07 Å². The third-order valence-electron chi connectivity index (χ3n) is 5.19. The van der Waals surface area contributed by atoms with Gasteiger partial charge in [0.05, 0.1) is 4.92 Å². The van der Waals surface area contributed by atoms with Crippen molar-refractivity contribution in [2.45, 2.75) is 38.6 Å². The number of rotatable bonds is 4. The standard InChI is InChI=1S/C18H26N4O3/c1-13-6-9-21(10-7-13)16-5-4-14(11-17(16)22(24)25)18(23)20-15-3-2-8-19-12-15/h4-5,11,13,15,19H,2-3,6-10,12H2,1H3,(H,20,23)/t15-/m0/s1. The first-order valence-electron chi connectivity index (χ1n) is 9.09. The third kappa shape index (κ3) is 4.28. The van der Waals surface area contributed by atoms with E-state index in [-0.39, 0.29) is 22.6 Å². The molecule has 2 fully saturated rings. The molecular weight excluding hydrogens is 320 g/mol. The number of piperidine rings is 2. The summed E-state index contributed by atoms with van der Waals surface area (Å²) in [6, 6.07) is 4.93. The lowest BCUT2D eigenvalue weighted by Crippen LogP contribution is -2.45. The molecule has 0 aliphatic carbocycles. The maximum atomic E-state index is 12.4. The molecule has 2 N–H and O–H groups in total. The van der Waals surface area contributed by atoms with Crippen LogP contribution in [0, 0.1) is 16.0 Å². The van der Waals surface area contributed by atoms with Crippen LogP contribution in [0.25, 0.3) is 0 Å². The minimum absolute atomic E-state index is 0.0176. The van der Waals surface area contributed by atoms with Gasteiger partial charge in [0, 0.05) is 37.3 Å². The Morgan fingerprint density at radius 2 is 2.08 bits per heavy atom. The van der Waals surface area contributed by atoms with E-state index in [2.05, 4.69) is 22.5 Å². The molecule has 0 spiro atoms. The van der Waals surface area contributed by atoms with E-state index in [1.807, 2.05) is 0 Å². The molecule has 0 radical (unpaired) electrons. The number of amides is 1. The van der Waals surface area contributed by atoms with Gasteiger partial charge in [-0.25, -0.2) is 0 Å². The van der Waals surface area contributed by atoms with Crippen LogP contribution in [0.3, 0.4) is 0 Å². The summed E-state index contributed by atoms with van der Waals surface area (Å²) in [5.74, 6) is 0.417. The number of nitro groups is 1. The number of hydrogen-bond donors (Lipinski definition) is 2. The molecule has 2 aliphatic rings. The Bertz CT molecular complexity index is 635. The van der Waals surface area contributed by atoms with Gasteiger partial charge in [0.25, 0.3) is 11.6 Å². The highest BCUT2D eigenvalue weighted by atomic mass is 16.6. The molecule has 1 aromatic carbocycles. The second kappa shape index (κ2) is 7.82. The van der Waals surface area contributed by atoms with E-state index in [1.54, 1.807) is 12.1 Å². The molecule has 2 aliphatic heterocycles. The van der Waals surface area contributed by atoms with Crippen LogP contribution >= 0.6 is 0 Å². The zero-order valence-corrected chi connectivity index (χ0v) is 14.7. The van der Waals surface area contributed by atoms with E-state index < -0.39 is 0 Å². The summed E-state index contributed by atoms with van der Waals surface area (Å²) < 4.78 is 0. The zero-order chi connectivity index (χ0) is 17.8. The SMILES string of the molecule is CC1CCN(c2ccc(C(=O)N[C@H]3CCCNC3)cc2[N+](=O)[O-])CC1. The first-order chi connectivity index (χ1) is 12.0. The smallest absolute Gasteiger partial charge is 0.293 e. The average molecular weight is 346 g/mol. The minimum atomic E-state index is -0.383. The number of carbonyl (C=O) groups is 1. The molecule has 7 heteroatoms. The van der Waals surface area contributed by atoms with Crippen LogP contribution in [0.4, 0.5) is 11.4 Å². The molecule has 0 bridgehead atoms. The van der Waals surface area contributed by atoms with Gasteiger partial charge in [0.1, 0.15) is 5.69 Å². The molecule has 2 saturated heterocycles. The summed E-state index contributed by atoms with van der Waals surface area (Å²) >= 11 is 0. The summed E-state index contributed by atoms with van der Waals surface area (Å²) in [4.78, 5) is 25.7. The molecule has 136 valence electrons. The summed E-state index contributed by atoms with van der Waals surface area (Å²) in [5, 5.41) is 17.7. The van der Waals surface area contributed by atoms with Crippen molar-refractivity contribution in [1.29, 1.82) is 0 Å². The van der Waals surface area contributed by atoms with Gasteiger partial charge < -0.3 is 15.5 Å². The van der Waals surface area contributed by atoms with Crippen LogP contribution in [-0.2, 0) is 0 Å². The van der Waals surface area contributed by atoms with Gasteiger partial charge in [-0.3, -0.25) is 14.9 Å². The van der Waals surface area contributed by atoms with Crippen LogP contribution in [0.2, 0.25) is 0 Å². The van der Waals surface area contributed by atoms with E-state index in [9.17, 15) is 14.9 Å². The Balaban J connectivity index is 1.76. The van der Waals surface area contributed by atoms with Crippen LogP contribution in [0.1, 0.15) is 43.0 Å². The van der Waals surface area contributed by atoms with Crippen molar-refractivity contribution < 1.29 is 9.72 Å². The summed E-state index contributed by atoms with van der Waals surface area (Å²) in [7, 11) is 0. The van der Waals surface area contributed by atoms with Gasteiger partial charge >= 0.3 is 0 Å². The van der Waals surface area contributed by atoms with E-state index in [0.717, 1.165) is 51.9 Å². The van der Waals surface area contributed by atoms with Gasteiger partial charge in [-0.1, -0.05) is 6.92 Å². The number of nitro benzene ring substituents is 1. The molecule has 2 heterocycles. The Labute approximate surface area is 147 Å². The molecule has 0 unspecified atom stereocenters. The van der Waals surface area contributed by atoms with E-state index in [0.29, 0.717) is 17.2 Å². The fraction of sp³-hybridized carbons (Fsp3) is 0.611. The fourth-order valence-corrected chi connectivity index (χ4v) is 3.57. The highest BCUT2D eigenvalue weighted by molar-refractivity contribution is 5.96. The molecule has 1 amide bonds. The summed E-state index contributed by atoms with van der Waals surface area (Å²) in [6.07, 6.45) is 4.03. The number of hydrogen-bond acceptors (Lipinski definition) is 5. The predicted molar refractivity (Wildman–Crippen MR) is 97.1 cm³/mol. The van der Waals surface area contributed by atoms with Crippen LogP contribution < -0.4 is 15.5 Å². The van der Waals surface area contributed by atoms with Gasteiger partial charge in [-0.2, -0.15) is 0 Å². The highest BCUT2D eigenvalue weighted by Gasteiger charge is 2.25. The second-order valence-electron chi connectivity index (χ2n) is 7.15. The number of anilines is 1. The van der Waals surface area contributed by atoms with Gasteiger partial charge in [0.15, 0.2) is 0 Å². The summed E-state index contributed by atoms with van der Waals surface area (Å²) in [5.41, 5.74) is 0.989. The Morgan fingerprint density at radius 3 is 2.72 bits per heavy atom. The predicted octanol–water partition coefficient (Wildman–Crippen LogP) is 2.31. The van der Waals surface area contributed by atoms with Gasteiger partial charge in [0.2, 0.25) is 0 Å². The molecule has 0 aromatic heterocycles. The molecular formula is C18H26N4O3. The van der Waals surface area contributed by atoms with Crippen molar-refractivity contribution >= 4 is 17.3 Å². The Hall–Kier alpha value is -2.15. The zero-order valence-electron chi connectivity index (χ0n) is 14.7. The molecule has 25 heavy (non-hydrogen) atoms. The van der Waals surface area contributed by atoms with Gasteiger partial charge in [-0.15, -0.1) is 0 Å². The maximum absolute atomic E-state index is 12.4. The number of carbonyl (C=O) groups excluding carboxylic acids is 1. The van der Waals surface area contributed by atoms with Crippen molar-refractivity contribution in [2.75, 3.05) is 31.1 Å². The van der Waals surface area contributed by atoms with Crippen molar-refractivity contribution in [1.82, 2.24) is 10.6 Å². The average Bonchev–Trinajstić information content (AvgIpc) is 2.62. The topological polar surface area (TPSA) is 87.5 Å². The quantitative estimate of drug-likeness (QED) is 0.645. The molecule has 1 aromatic rings. The van der Waals surface area contributed by atoms with Crippen LogP contribution in [0.5, 0.6) is 0 Å². The van der Waals surface area contributed by atoms with Crippen molar-refractivity contribution in [3.05, 3.63) is 33.9 Å². The first-order valence-corrected chi connectivity index (χ1v) is 9.09. The van der Waals surface area contributed by atoms with Gasteiger partial charge in [-0.05, 0) is 50.3 Å². The lowest BCUT2D eigenvalue weighted by atomic mass is 9.98. The largest absolute Gasteiger partial charge is 0.366 e. The second-order valence-corrected chi connectivity index (χ2v) is 7.15. The Morgan fingerprint density at radius 1 is 1.32 bits per heavy atom. The minimum Gasteiger partial charge on any atom is -0.366 e. The van der Waals surface area contributed by atoms with E-state index in [4.69, 9.17) is 0 Å². The van der Waals surface area contributed by atoms with Crippen molar-refractivity contribution in [3.8, 4) is 0 Å². The third-order valence-corrected chi connectivity index (χ3v) is 5.19.